The average Bonchev–Trinajstić information content (AvgIpc) is 3.03. The van der Waals surface area contributed by atoms with Crippen molar-refractivity contribution >= 4 is 11.8 Å². The second kappa shape index (κ2) is 6.08. The molecular weight excluding hydrogens is 284 g/mol. The topological polar surface area (TPSA) is 67.7 Å². The molecule has 7 nitrogen and oxygen atoms in total. The molecule has 120 valence electrons. The number of carbonyl (C=O) groups excluding carboxylic acids is 2. The normalized spacial score (nSPS) is 24.7. The van der Waals surface area contributed by atoms with Gasteiger partial charge in [0.05, 0.1) is 24.3 Å². The number of nitrogens with zero attached hydrogens (tertiary/aromatic N) is 4. The summed E-state index contributed by atoms with van der Waals surface area (Å²) in [7, 11) is 3.65. The van der Waals surface area contributed by atoms with Gasteiger partial charge < -0.3 is 14.5 Å². The van der Waals surface area contributed by atoms with Crippen LogP contribution < -0.4 is 0 Å². The molecule has 0 bridgehead atoms. The summed E-state index contributed by atoms with van der Waals surface area (Å²) in [4.78, 5) is 28.0. The number of likely N-dealkylation sites (tertiary alicyclic amines) is 2. The minimum atomic E-state index is -0.0280. The van der Waals surface area contributed by atoms with Gasteiger partial charge in [0.1, 0.15) is 6.61 Å². The Hall–Kier alpha value is -1.89. The quantitative estimate of drug-likeness (QED) is 0.786. The second-order valence-corrected chi connectivity index (χ2v) is 6.06. The summed E-state index contributed by atoms with van der Waals surface area (Å²) < 4.78 is 7.25. The fourth-order valence-electron chi connectivity index (χ4n) is 3.40. The van der Waals surface area contributed by atoms with Crippen molar-refractivity contribution in [1.82, 2.24) is 19.6 Å². The number of aromatic nitrogens is 2. The van der Waals surface area contributed by atoms with E-state index in [-0.39, 0.29) is 30.4 Å². The molecule has 1 aromatic rings. The van der Waals surface area contributed by atoms with Crippen LogP contribution in [0.1, 0.15) is 18.5 Å². The minimum absolute atomic E-state index is 0.0130. The van der Waals surface area contributed by atoms with Crippen LogP contribution in [-0.2, 0) is 28.0 Å². The Labute approximate surface area is 129 Å². The predicted molar refractivity (Wildman–Crippen MR) is 78.7 cm³/mol. The average molecular weight is 306 g/mol. The summed E-state index contributed by atoms with van der Waals surface area (Å²) >= 11 is 0. The zero-order valence-corrected chi connectivity index (χ0v) is 13.1. The Morgan fingerprint density at radius 1 is 1.45 bits per heavy atom. The van der Waals surface area contributed by atoms with E-state index in [9.17, 15) is 9.59 Å². The molecule has 2 saturated heterocycles. The molecule has 7 heteroatoms. The van der Waals surface area contributed by atoms with Crippen LogP contribution in [0.3, 0.4) is 0 Å². The fourth-order valence-corrected chi connectivity index (χ4v) is 3.40. The van der Waals surface area contributed by atoms with Gasteiger partial charge in [-0.3, -0.25) is 14.3 Å². The number of rotatable bonds is 4. The van der Waals surface area contributed by atoms with E-state index in [2.05, 4.69) is 5.10 Å². The van der Waals surface area contributed by atoms with E-state index in [0.29, 0.717) is 13.2 Å². The van der Waals surface area contributed by atoms with Crippen LogP contribution in [0.2, 0.25) is 0 Å². The van der Waals surface area contributed by atoms with Crippen LogP contribution in [0.15, 0.2) is 12.3 Å². The monoisotopic (exact) mass is 306 g/mol. The third kappa shape index (κ3) is 2.72. The molecule has 0 aliphatic carbocycles. The first-order valence-electron chi connectivity index (χ1n) is 7.67. The van der Waals surface area contributed by atoms with Crippen molar-refractivity contribution in [1.29, 1.82) is 0 Å². The van der Waals surface area contributed by atoms with Crippen LogP contribution in [-0.4, -0.2) is 64.2 Å². The Bertz CT molecular complexity index is 571. The SMILES string of the molecule is CN1C[C@@H]2[C@@H](CCCN2C(=O)COCc2ccnn2C)C1=O. The zero-order chi connectivity index (χ0) is 15.7. The Kier molecular flexibility index (Phi) is 4.15. The largest absolute Gasteiger partial charge is 0.365 e. The summed E-state index contributed by atoms with van der Waals surface area (Å²) in [6, 6.07) is 1.88. The lowest BCUT2D eigenvalue weighted by Crippen LogP contribution is -2.49. The molecule has 0 N–H and O–H groups in total. The van der Waals surface area contributed by atoms with Crippen molar-refractivity contribution in [2.75, 3.05) is 26.7 Å². The molecule has 2 aliphatic rings. The van der Waals surface area contributed by atoms with Crippen molar-refractivity contribution in [3.63, 3.8) is 0 Å². The standard InChI is InChI=1S/C15H22N4O3/c1-17-8-13-12(15(17)21)4-3-7-19(13)14(20)10-22-9-11-5-6-16-18(11)2/h5-6,12-13H,3-4,7-10H2,1-2H3/t12-,13-/m1/s1. The van der Waals surface area contributed by atoms with Gasteiger partial charge in [0.2, 0.25) is 11.8 Å². The van der Waals surface area contributed by atoms with E-state index >= 15 is 0 Å². The van der Waals surface area contributed by atoms with Gasteiger partial charge in [-0.05, 0) is 18.9 Å². The van der Waals surface area contributed by atoms with E-state index in [4.69, 9.17) is 4.74 Å². The van der Waals surface area contributed by atoms with Crippen molar-refractivity contribution in [3.8, 4) is 0 Å². The number of carbonyl (C=O) groups is 2. The number of hydrogen-bond acceptors (Lipinski definition) is 4. The van der Waals surface area contributed by atoms with Gasteiger partial charge in [-0.2, -0.15) is 5.10 Å². The third-order valence-corrected chi connectivity index (χ3v) is 4.65. The van der Waals surface area contributed by atoms with Gasteiger partial charge in [-0.15, -0.1) is 0 Å². The lowest BCUT2D eigenvalue weighted by Gasteiger charge is -2.35. The molecule has 2 amide bonds. The van der Waals surface area contributed by atoms with Gasteiger partial charge in [0.25, 0.3) is 0 Å². The summed E-state index contributed by atoms with van der Waals surface area (Å²) in [5.74, 6) is 0.109. The molecular formula is C15H22N4O3. The lowest BCUT2D eigenvalue weighted by atomic mass is 9.91. The minimum Gasteiger partial charge on any atom is -0.365 e. The predicted octanol–water partition coefficient (Wildman–Crippen LogP) is 0.0159. The highest BCUT2D eigenvalue weighted by Gasteiger charge is 2.45. The molecule has 3 rings (SSSR count). The first kappa shape index (κ1) is 15.0. The van der Waals surface area contributed by atoms with Crippen LogP contribution in [0, 0.1) is 5.92 Å². The van der Waals surface area contributed by atoms with E-state index in [1.165, 1.54) is 0 Å². The van der Waals surface area contributed by atoms with Crippen molar-refractivity contribution in [2.45, 2.75) is 25.5 Å². The maximum absolute atomic E-state index is 12.4. The molecule has 0 unspecified atom stereocenters. The Morgan fingerprint density at radius 2 is 2.27 bits per heavy atom. The summed E-state index contributed by atoms with van der Waals surface area (Å²) in [5.41, 5.74) is 0.931. The van der Waals surface area contributed by atoms with Crippen LogP contribution >= 0.6 is 0 Å². The Balaban J connectivity index is 1.55. The molecule has 1 aromatic heterocycles. The summed E-state index contributed by atoms with van der Waals surface area (Å²) in [6.45, 7) is 1.77. The number of hydrogen-bond donors (Lipinski definition) is 0. The molecule has 0 saturated carbocycles. The number of amides is 2. The number of fused-ring (bicyclic) bond motifs is 1. The number of piperidine rings is 1. The highest BCUT2D eigenvalue weighted by atomic mass is 16.5. The molecule has 0 aromatic carbocycles. The van der Waals surface area contributed by atoms with Gasteiger partial charge in [-0.25, -0.2) is 0 Å². The molecule has 22 heavy (non-hydrogen) atoms. The van der Waals surface area contributed by atoms with Crippen LogP contribution in [0.4, 0.5) is 0 Å². The van der Waals surface area contributed by atoms with E-state index in [1.807, 2.05) is 25.1 Å². The summed E-state index contributed by atoms with van der Waals surface area (Å²) in [5, 5.41) is 4.06. The highest BCUT2D eigenvalue weighted by Crippen LogP contribution is 2.30. The highest BCUT2D eigenvalue weighted by molar-refractivity contribution is 5.85. The number of likely N-dealkylation sites (N-methyl/N-ethyl adjacent to an activating group) is 1. The number of aryl methyl sites for hydroxylation is 1. The van der Waals surface area contributed by atoms with E-state index < -0.39 is 0 Å². The third-order valence-electron chi connectivity index (χ3n) is 4.65. The molecule has 2 atom stereocenters. The van der Waals surface area contributed by atoms with Gasteiger partial charge in [0.15, 0.2) is 0 Å². The van der Waals surface area contributed by atoms with Gasteiger partial charge in [0, 0.05) is 33.4 Å². The first-order valence-corrected chi connectivity index (χ1v) is 7.67. The van der Waals surface area contributed by atoms with Crippen molar-refractivity contribution < 1.29 is 14.3 Å². The maximum Gasteiger partial charge on any atom is 0.248 e. The second-order valence-electron chi connectivity index (χ2n) is 6.06. The van der Waals surface area contributed by atoms with Crippen molar-refractivity contribution in [2.24, 2.45) is 13.0 Å². The number of ether oxygens (including phenoxy) is 1. The summed E-state index contributed by atoms with van der Waals surface area (Å²) in [6.07, 6.45) is 3.47. The van der Waals surface area contributed by atoms with Crippen LogP contribution in [0.25, 0.3) is 0 Å². The zero-order valence-electron chi connectivity index (χ0n) is 13.1. The van der Waals surface area contributed by atoms with E-state index in [1.54, 1.807) is 15.8 Å². The van der Waals surface area contributed by atoms with Gasteiger partial charge in [-0.1, -0.05) is 0 Å². The fraction of sp³-hybridized carbons (Fsp3) is 0.667. The van der Waals surface area contributed by atoms with Gasteiger partial charge >= 0.3 is 0 Å². The molecule has 0 spiro atoms. The molecule has 0 radical (unpaired) electrons. The van der Waals surface area contributed by atoms with E-state index in [0.717, 1.165) is 25.1 Å². The molecule has 3 heterocycles. The van der Waals surface area contributed by atoms with Crippen LogP contribution in [0.5, 0.6) is 0 Å². The lowest BCUT2D eigenvalue weighted by molar-refractivity contribution is -0.141. The van der Waals surface area contributed by atoms with Crippen molar-refractivity contribution in [3.05, 3.63) is 18.0 Å². The molecule has 2 aliphatic heterocycles. The Morgan fingerprint density at radius 3 is 3.00 bits per heavy atom. The maximum atomic E-state index is 12.4. The smallest absolute Gasteiger partial charge is 0.248 e. The molecule has 2 fully saturated rings. The first-order chi connectivity index (χ1) is 10.6.